The molecule has 0 saturated carbocycles. The molecule has 80 valence electrons. The fourth-order valence-corrected chi connectivity index (χ4v) is 1.14. The maximum Gasteiger partial charge on any atom is 0.246 e. The third-order valence-corrected chi connectivity index (χ3v) is 1.98. The van der Waals surface area contributed by atoms with Crippen molar-refractivity contribution in [1.82, 2.24) is 19.7 Å². The Morgan fingerprint density at radius 1 is 1.67 bits per heavy atom. The van der Waals surface area contributed by atoms with Crippen molar-refractivity contribution in [3.63, 3.8) is 0 Å². The molecule has 0 aliphatic heterocycles. The number of hydrogen-bond donors (Lipinski definition) is 2. The van der Waals surface area contributed by atoms with Gasteiger partial charge < -0.3 is 19.9 Å². The molecule has 7 nitrogen and oxygen atoms in total. The van der Waals surface area contributed by atoms with Crippen molar-refractivity contribution in [3.05, 3.63) is 18.3 Å². The van der Waals surface area contributed by atoms with Crippen LogP contribution in [0.1, 0.15) is 11.9 Å². The van der Waals surface area contributed by atoms with Crippen LogP contribution in [0.2, 0.25) is 0 Å². The van der Waals surface area contributed by atoms with Gasteiger partial charge in [-0.05, 0) is 0 Å². The monoisotopic (exact) mass is 209 g/mol. The second-order valence-electron chi connectivity index (χ2n) is 3.11. The number of nitrogens with zero attached hydrogens (tertiary/aromatic N) is 4. The van der Waals surface area contributed by atoms with Crippen LogP contribution in [0.25, 0.3) is 11.6 Å². The summed E-state index contributed by atoms with van der Waals surface area (Å²) in [6.07, 6.45) is 3.41. The molecule has 0 radical (unpaired) electrons. The molecule has 15 heavy (non-hydrogen) atoms. The lowest BCUT2D eigenvalue weighted by Crippen LogP contribution is -2.14. The number of aliphatic hydroxyl groups excluding tert-OH is 1. The molecule has 0 aliphatic carbocycles. The van der Waals surface area contributed by atoms with Crippen LogP contribution in [-0.4, -0.2) is 31.4 Å². The Bertz CT molecular complexity index is 449. The first-order valence-electron chi connectivity index (χ1n) is 4.40. The Morgan fingerprint density at radius 2 is 2.47 bits per heavy atom. The number of rotatable bonds is 3. The predicted molar refractivity (Wildman–Crippen MR) is 50.5 cm³/mol. The van der Waals surface area contributed by atoms with Crippen LogP contribution in [0.5, 0.6) is 0 Å². The van der Waals surface area contributed by atoms with E-state index in [9.17, 15) is 0 Å². The van der Waals surface area contributed by atoms with E-state index in [0.29, 0.717) is 11.6 Å². The topological polar surface area (TPSA) is 103 Å². The van der Waals surface area contributed by atoms with E-state index in [-0.39, 0.29) is 12.5 Å². The second-order valence-corrected chi connectivity index (χ2v) is 3.11. The average Bonchev–Trinajstić information content (AvgIpc) is 2.84. The van der Waals surface area contributed by atoms with E-state index in [1.54, 1.807) is 17.0 Å². The van der Waals surface area contributed by atoms with Gasteiger partial charge in [-0.1, -0.05) is 5.16 Å². The largest absolute Gasteiger partial charge is 0.394 e. The maximum atomic E-state index is 8.81. The highest BCUT2D eigenvalue weighted by Crippen LogP contribution is 2.14. The molecule has 2 rings (SSSR count). The van der Waals surface area contributed by atoms with E-state index >= 15 is 0 Å². The van der Waals surface area contributed by atoms with Gasteiger partial charge in [-0.3, -0.25) is 0 Å². The van der Waals surface area contributed by atoms with Crippen molar-refractivity contribution >= 4 is 0 Å². The molecule has 0 aromatic carbocycles. The summed E-state index contributed by atoms with van der Waals surface area (Å²) in [6.45, 7) is -0.234. The molecular weight excluding hydrogens is 198 g/mol. The standard InChI is InChI=1S/C8H11N5O2/c1-13-3-2-10-7(13)6-11-8(15-12-6)5(9)4-14/h2-3,5,14H,4,9H2,1H3/t5-/m1/s1. The van der Waals surface area contributed by atoms with Gasteiger partial charge in [0.2, 0.25) is 11.7 Å². The molecule has 0 spiro atoms. The fourth-order valence-electron chi connectivity index (χ4n) is 1.14. The van der Waals surface area contributed by atoms with E-state index in [0.717, 1.165) is 0 Å². The van der Waals surface area contributed by atoms with Gasteiger partial charge in [0.05, 0.1) is 6.61 Å². The summed E-state index contributed by atoms with van der Waals surface area (Å²) in [4.78, 5) is 8.10. The van der Waals surface area contributed by atoms with E-state index in [2.05, 4.69) is 15.1 Å². The molecule has 2 aromatic rings. The van der Waals surface area contributed by atoms with Gasteiger partial charge in [0, 0.05) is 19.4 Å². The molecule has 2 aromatic heterocycles. The zero-order valence-corrected chi connectivity index (χ0v) is 8.16. The first-order chi connectivity index (χ1) is 7.22. The smallest absolute Gasteiger partial charge is 0.246 e. The second kappa shape index (κ2) is 3.79. The van der Waals surface area contributed by atoms with Crippen LogP contribution in [0, 0.1) is 0 Å². The van der Waals surface area contributed by atoms with Crippen molar-refractivity contribution in [1.29, 1.82) is 0 Å². The van der Waals surface area contributed by atoms with Crippen molar-refractivity contribution in [3.8, 4) is 11.6 Å². The number of imidazole rings is 1. The quantitative estimate of drug-likeness (QED) is 0.703. The summed E-state index contributed by atoms with van der Waals surface area (Å²) in [5, 5.41) is 12.5. The van der Waals surface area contributed by atoms with Crippen LogP contribution in [-0.2, 0) is 7.05 Å². The number of aliphatic hydroxyl groups is 1. The molecule has 3 N–H and O–H groups in total. The molecular formula is C8H11N5O2. The SMILES string of the molecule is Cn1ccnc1-c1noc([C@H](N)CO)n1. The molecule has 0 fully saturated rings. The maximum absolute atomic E-state index is 8.81. The van der Waals surface area contributed by atoms with Crippen LogP contribution in [0.4, 0.5) is 0 Å². The van der Waals surface area contributed by atoms with E-state index in [1.807, 2.05) is 7.05 Å². The summed E-state index contributed by atoms with van der Waals surface area (Å²) >= 11 is 0. The molecule has 0 amide bonds. The van der Waals surface area contributed by atoms with Gasteiger partial charge in [-0.15, -0.1) is 0 Å². The lowest BCUT2D eigenvalue weighted by molar-refractivity contribution is 0.237. The van der Waals surface area contributed by atoms with Gasteiger partial charge in [0.25, 0.3) is 0 Å². The van der Waals surface area contributed by atoms with Crippen LogP contribution in [0.3, 0.4) is 0 Å². The van der Waals surface area contributed by atoms with Crippen molar-refractivity contribution in [2.24, 2.45) is 12.8 Å². The predicted octanol–water partition coefficient (Wildman–Crippen LogP) is -0.538. The summed E-state index contributed by atoms with van der Waals surface area (Å²) in [6, 6.07) is -0.647. The highest BCUT2D eigenvalue weighted by Gasteiger charge is 2.16. The molecule has 0 saturated heterocycles. The normalized spacial score (nSPS) is 13.0. The Hall–Kier alpha value is -1.73. The van der Waals surface area contributed by atoms with Gasteiger partial charge in [0.15, 0.2) is 5.82 Å². The third-order valence-electron chi connectivity index (χ3n) is 1.98. The summed E-state index contributed by atoms with van der Waals surface area (Å²) in [5.74, 6) is 1.16. The van der Waals surface area contributed by atoms with E-state index < -0.39 is 6.04 Å². The van der Waals surface area contributed by atoms with E-state index in [1.165, 1.54) is 0 Å². The zero-order chi connectivity index (χ0) is 10.8. The molecule has 2 heterocycles. The molecule has 7 heteroatoms. The van der Waals surface area contributed by atoms with Crippen LogP contribution in [0.15, 0.2) is 16.9 Å². The van der Waals surface area contributed by atoms with Crippen molar-refractivity contribution < 1.29 is 9.63 Å². The zero-order valence-electron chi connectivity index (χ0n) is 8.16. The van der Waals surface area contributed by atoms with Gasteiger partial charge >= 0.3 is 0 Å². The minimum absolute atomic E-state index is 0.204. The lowest BCUT2D eigenvalue weighted by Gasteiger charge is -1.98. The van der Waals surface area contributed by atoms with Gasteiger partial charge in [0.1, 0.15) is 6.04 Å². The summed E-state index contributed by atoms with van der Waals surface area (Å²) in [7, 11) is 1.82. The van der Waals surface area contributed by atoms with Crippen LogP contribution < -0.4 is 5.73 Å². The first-order valence-corrected chi connectivity index (χ1v) is 4.40. The Morgan fingerprint density at radius 3 is 3.07 bits per heavy atom. The molecule has 0 unspecified atom stereocenters. The average molecular weight is 209 g/mol. The van der Waals surface area contributed by atoms with Gasteiger partial charge in [-0.25, -0.2) is 4.98 Å². The van der Waals surface area contributed by atoms with Crippen LogP contribution >= 0.6 is 0 Å². The summed E-state index contributed by atoms with van der Waals surface area (Å²) < 4.78 is 6.66. The highest BCUT2D eigenvalue weighted by molar-refractivity contribution is 5.42. The third kappa shape index (κ3) is 1.74. The number of aromatic nitrogens is 4. The number of nitrogens with two attached hydrogens (primary N) is 1. The fraction of sp³-hybridized carbons (Fsp3) is 0.375. The van der Waals surface area contributed by atoms with Gasteiger partial charge in [-0.2, -0.15) is 4.98 Å². The van der Waals surface area contributed by atoms with Crippen molar-refractivity contribution in [2.45, 2.75) is 6.04 Å². The Labute approximate surface area is 85.5 Å². The summed E-state index contributed by atoms with van der Waals surface area (Å²) in [5.41, 5.74) is 5.53. The van der Waals surface area contributed by atoms with E-state index in [4.69, 9.17) is 15.4 Å². The Balaban J connectivity index is 2.32. The molecule has 1 atom stereocenters. The molecule has 0 aliphatic rings. The van der Waals surface area contributed by atoms with Crippen molar-refractivity contribution in [2.75, 3.05) is 6.61 Å². The minimum atomic E-state index is -0.647. The highest BCUT2D eigenvalue weighted by atomic mass is 16.5. The number of aryl methyl sites for hydroxylation is 1. The molecule has 0 bridgehead atoms. The minimum Gasteiger partial charge on any atom is -0.394 e. The lowest BCUT2D eigenvalue weighted by atomic mass is 10.3. The number of hydrogen-bond acceptors (Lipinski definition) is 6. The first kappa shape index (κ1) is 9.81. The Kier molecular flexibility index (Phi) is 2.48.